The molecule has 0 bridgehead atoms. The van der Waals surface area contributed by atoms with Gasteiger partial charge in [-0.05, 0) is 61.8 Å². The molecular formula is C20H27FN2O2S. The molecule has 1 heterocycles. The number of fused-ring (bicyclic) bond motifs is 1. The van der Waals surface area contributed by atoms with Crippen molar-refractivity contribution in [2.75, 3.05) is 5.75 Å². The minimum absolute atomic E-state index is 0.00982. The Labute approximate surface area is 158 Å². The Balaban J connectivity index is 1.48. The highest BCUT2D eigenvalue weighted by Crippen LogP contribution is 2.38. The van der Waals surface area contributed by atoms with Gasteiger partial charge in [0.15, 0.2) is 0 Å². The van der Waals surface area contributed by atoms with Crippen LogP contribution in [0.3, 0.4) is 0 Å². The fourth-order valence-corrected chi connectivity index (χ4v) is 5.16. The van der Waals surface area contributed by atoms with E-state index in [1.807, 2.05) is 0 Å². The van der Waals surface area contributed by atoms with E-state index in [9.17, 15) is 14.0 Å². The minimum Gasteiger partial charge on any atom is -0.353 e. The summed E-state index contributed by atoms with van der Waals surface area (Å²) in [6, 6.07) is 6.45. The van der Waals surface area contributed by atoms with Gasteiger partial charge in [-0.15, -0.1) is 11.8 Å². The van der Waals surface area contributed by atoms with Crippen LogP contribution in [-0.4, -0.2) is 29.7 Å². The molecule has 1 saturated carbocycles. The maximum absolute atomic E-state index is 12.9. The summed E-state index contributed by atoms with van der Waals surface area (Å²) >= 11 is 1.40. The van der Waals surface area contributed by atoms with Crippen LogP contribution in [0.25, 0.3) is 0 Å². The fourth-order valence-electron chi connectivity index (χ4n) is 4.45. The van der Waals surface area contributed by atoms with Gasteiger partial charge in [0, 0.05) is 22.9 Å². The second kappa shape index (κ2) is 8.42. The number of piperidine rings is 1. The van der Waals surface area contributed by atoms with Gasteiger partial charge in [-0.25, -0.2) is 4.39 Å². The number of benzene rings is 1. The number of carbonyl (C=O) groups is 2. The van der Waals surface area contributed by atoms with E-state index >= 15 is 0 Å². The topological polar surface area (TPSA) is 58.2 Å². The highest BCUT2D eigenvalue weighted by molar-refractivity contribution is 8.00. The van der Waals surface area contributed by atoms with Gasteiger partial charge in [-0.1, -0.05) is 13.8 Å². The predicted octanol–water partition coefficient (Wildman–Crippen LogP) is 3.36. The summed E-state index contributed by atoms with van der Waals surface area (Å²) in [5.41, 5.74) is 0. The standard InChI is InChI=1S/C20H27FN2O2S/c1-3-16-12(2)17-9-6-14(10-18(17)23-20(16)25)22-19(24)11-26-15-7-4-13(21)5-8-15/h4-5,7-8,12,14,16-18H,3,6,9-11H2,1-2H3,(H,22,24)(H,23,25). The Morgan fingerprint density at radius 3 is 2.73 bits per heavy atom. The van der Waals surface area contributed by atoms with Crippen LogP contribution in [0.5, 0.6) is 0 Å². The molecule has 3 rings (SSSR count). The van der Waals surface area contributed by atoms with E-state index in [1.165, 1.54) is 23.9 Å². The zero-order chi connectivity index (χ0) is 18.7. The molecule has 26 heavy (non-hydrogen) atoms. The van der Waals surface area contributed by atoms with E-state index in [1.54, 1.807) is 12.1 Å². The van der Waals surface area contributed by atoms with Gasteiger partial charge in [-0.3, -0.25) is 9.59 Å². The van der Waals surface area contributed by atoms with Crippen molar-refractivity contribution in [2.24, 2.45) is 17.8 Å². The van der Waals surface area contributed by atoms with E-state index in [2.05, 4.69) is 24.5 Å². The molecule has 2 aliphatic rings. The van der Waals surface area contributed by atoms with Gasteiger partial charge in [0.05, 0.1) is 5.75 Å². The third-order valence-corrected chi connectivity index (χ3v) is 6.88. The molecule has 1 aliphatic heterocycles. The largest absolute Gasteiger partial charge is 0.353 e. The fraction of sp³-hybridized carbons (Fsp3) is 0.600. The Kier molecular flexibility index (Phi) is 6.22. The molecule has 0 radical (unpaired) electrons. The summed E-state index contributed by atoms with van der Waals surface area (Å²) in [5.74, 6) is 1.24. The maximum Gasteiger partial charge on any atom is 0.230 e. The van der Waals surface area contributed by atoms with E-state index in [0.717, 1.165) is 30.6 Å². The van der Waals surface area contributed by atoms with Gasteiger partial charge >= 0.3 is 0 Å². The van der Waals surface area contributed by atoms with Crippen molar-refractivity contribution in [3.8, 4) is 0 Å². The molecule has 5 unspecified atom stereocenters. The summed E-state index contributed by atoms with van der Waals surface area (Å²) in [4.78, 5) is 25.4. The van der Waals surface area contributed by atoms with E-state index in [0.29, 0.717) is 17.6 Å². The SMILES string of the molecule is CCC1C(=O)NC2CC(NC(=O)CSc3ccc(F)cc3)CCC2C1C. The number of rotatable bonds is 5. The first kappa shape index (κ1) is 19.2. The maximum atomic E-state index is 12.9. The zero-order valence-electron chi connectivity index (χ0n) is 15.3. The van der Waals surface area contributed by atoms with E-state index in [-0.39, 0.29) is 35.6 Å². The van der Waals surface area contributed by atoms with Crippen LogP contribution in [0.2, 0.25) is 0 Å². The number of thioether (sulfide) groups is 1. The Hall–Kier alpha value is -1.56. The lowest BCUT2D eigenvalue weighted by molar-refractivity contribution is -0.133. The first-order valence-corrected chi connectivity index (χ1v) is 10.4. The van der Waals surface area contributed by atoms with Crippen LogP contribution in [0, 0.1) is 23.6 Å². The molecule has 142 valence electrons. The molecule has 4 nitrogen and oxygen atoms in total. The summed E-state index contributed by atoms with van der Waals surface area (Å²) in [6.07, 6.45) is 3.70. The summed E-state index contributed by atoms with van der Waals surface area (Å²) in [6.45, 7) is 4.27. The monoisotopic (exact) mass is 378 g/mol. The van der Waals surface area contributed by atoms with Crippen molar-refractivity contribution in [1.29, 1.82) is 0 Å². The third-order valence-electron chi connectivity index (χ3n) is 5.87. The first-order valence-electron chi connectivity index (χ1n) is 9.46. The molecule has 2 fully saturated rings. The zero-order valence-corrected chi connectivity index (χ0v) is 16.2. The van der Waals surface area contributed by atoms with E-state index < -0.39 is 0 Å². The summed E-state index contributed by atoms with van der Waals surface area (Å²) in [5, 5.41) is 6.29. The van der Waals surface area contributed by atoms with Crippen LogP contribution >= 0.6 is 11.8 Å². The smallest absolute Gasteiger partial charge is 0.230 e. The lowest BCUT2D eigenvalue weighted by Crippen LogP contribution is -2.58. The lowest BCUT2D eigenvalue weighted by Gasteiger charge is -2.46. The molecule has 1 aromatic rings. The Morgan fingerprint density at radius 2 is 2.04 bits per heavy atom. The molecule has 2 amide bonds. The normalized spacial score (nSPS) is 31.0. The summed E-state index contributed by atoms with van der Waals surface area (Å²) in [7, 11) is 0. The van der Waals surface area contributed by atoms with Crippen LogP contribution < -0.4 is 10.6 Å². The van der Waals surface area contributed by atoms with Gasteiger partial charge in [-0.2, -0.15) is 0 Å². The van der Waals surface area contributed by atoms with Crippen LogP contribution in [0.4, 0.5) is 4.39 Å². The number of halogens is 1. The molecule has 5 atom stereocenters. The lowest BCUT2D eigenvalue weighted by atomic mass is 9.67. The van der Waals surface area contributed by atoms with Crippen molar-refractivity contribution in [3.63, 3.8) is 0 Å². The number of amides is 2. The van der Waals surface area contributed by atoms with Crippen molar-refractivity contribution in [2.45, 2.75) is 56.5 Å². The van der Waals surface area contributed by atoms with Crippen molar-refractivity contribution in [1.82, 2.24) is 10.6 Å². The Bertz CT molecular complexity index is 652. The predicted molar refractivity (Wildman–Crippen MR) is 101 cm³/mol. The molecule has 6 heteroatoms. The third kappa shape index (κ3) is 4.40. The van der Waals surface area contributed by atoms with Gasteiger partial charge in [0.2, 0.25) is 11.8 Å². The highest BCUT2D eigenvalue weighted by atomic mass is 32.2. The average Bonchev–Trinajstić information content (AvgIpc) is 2.61. The molecule has 2 N–H and O–H groups in total. The number of hydrogen-bond acceptors (Lipinski definition) is 3. The van der Waals surface area contributed by atoms with Crippen LogP contribution in [0.1, 0.15) is 39.5 Å². The van der Waals surface area contributed by atoms with E-state index in [4.69, 9.17) is 0 Å². The second-order valence-electron chi connectivity index (χ2n) is 7.47. The molecule has 1 saturated heterocycles. The minimum atomic E-state index is -0.273. The van der Waals surface area contributed by atoms with Crippen LogP contribution in [-0.2, 0) is 9.59 Å². The van der Waals surface area contributed by atoms with Gasteiger partial charge in [0.25, 0.3) is 0 Å². The van der Waals surface area contributed by atoms with Gasteiger partial charge in [0.1, 0.15) is 5.82 Å². The van der Waals surface area contributed by atoms with Crippen molar-refractivity contribution in [3.05, 3.63) is 30.1 Å². The van der Waals surface area contributed by atoms with Crippen molar-refractivity contribution >= 4 is 23.6 Å². The molecule has 1 aliphatic carbocycles. The molecular weight excluding hydrogens is 351 g/mol. The molecule has 1 aromatic carbocycles. The Morgan fingerprint density at radius 1 is 1.31 bits per heavy atom. The number of hydrogen-bond donors (Lipinski definition) is 2. The quantitative estimate of drug-likeness (QED) is 0.773. The van der Waals surface area contributed by atoms with Crippen LogP contribution in [0.15, 0.2) is 29.2 Å². The summed E-state index contributed by atoms with van der Waals surface area (Å²) < 4.78 is 12.9. The van der Waals surface area contributed by atoms with Crippen molar-refractivity contribution < 1.29 is 14.0 Å². The molecule has 0 aromatic heterocycles. The molecule has 0 spiro atoms. The van der Waals surface area contributed by atoms with Gasteiger partial charge < -0.3 is 10.6 Å². The highest BCUT2D eigenvalue weighted by Gasteiger charge is 2.43. The second-order valence-corrected chi connectivity index (χ2v) is 8.52. The number of carbonyl (C=O) groups excluding carboxylic acids is 2. The average molecular weight is 379 g/mol. The number of nitrogens with one attached hydrogen (secondary N) is 2. The first-order chi connectivity index (χ1) is 12.5.